The zero-order valence-corrected chi connectivity index (χ0v) is 24.0. The van der Waals surface area contributed by atoms with Crippen LogP contribution in [0, 0.1) is 18.3 Å². The van der Waals surface area contributed by atoms with Crippen molar-refractivity contribution < 1.29 is 19.0 Å². The third kappa shape index (κ3) is 6.22. The molecule has 0 spiro atoms. The van der Waals surface area contributed by atoms with Gasteiger partial charge in [0.15, 0.2) is 11.5 Å². The quantitative estimate of drug-likeness (QED) is 0.209. The number of nitrogens with one attached hydrogen (secondary N) is 1. The maximum atomic E-state index is 13.3. The van der Waals surface area contributed by atoms with Gasteiger partial charge in [-0.3, -0.25) is 4.79 Å². The number of aryl methyl sites for hydroxylation is 1. The first-order valence-corrected chi connectivity index (χ1v) is 13.6. The minimum Gasteiger partial charge on any atom is -0.493 e. The molecule has 0 saturated carbocycles. The highest BCUT2D eigenvalue weighted by Crippen LogP contribution is 2.44. The molecule has 0 fully saturated rings. The zero-order valence-electron chi connectivity index (χ0n) is 23.1. The van der Waals surface area contributed by atoms with Gasteiger partial charge >= 0.3 is 0 Å². The monoisotopic (exact) mass is 553 g/mol. The fourth-order valence-electron chi connectivity index (χ4n) is 4.25. The standard InChI is InChI=1S/C32H31N3O4S/c1-6-29(31(36)34-23-14-12-20(2)13-15-23)40-32-25(19-33)24(18-26(35-32)21-10-8-7-9-11-21)22-16-27(37-3)30(39-5)28(17-22)38-4/h7-18,29H,6H2,1-5H3,(H,34,36). The largest absolute Gasteiger partial charge is 0.493 e. The summed E-state index contributed by atoms with van der Waals surface area (Å²) in [6.07, 6.45) is 0.546. The molecule has 3 aromatic carbocycles. The van der Waals surface area contributed by atoms with E-state index in [1.807, 2.05) is 86.6 Å². The lowest BCUT2D eigenvalue weighted by Crippen LogP contribution is -2.24. The first-order chi connectivity index (χ1) is 19.4. The van der Waals surface area contributed by atoms with Crippen molar-refractivity contribution in [2.75, 3.05) is 26.6 Å². The first kappa shape index (κ1) is 28.5. The summed E-state index contributed by atoms with van der Waals surface area (Å²) in [4.78, 5) is 18.2. The van der Waals surface area contributed by atoms with E-state index >= 15 is 0 Å². The third-order valence-corrected chi connectivity index (χ3v) is 7.73. The smallest absolute Gasteiger partial charge is 0.237 e. The number of benzene rings is 3. The van der Waals surface area contributed by atoms with Crippen LogP contribution in [0.1, 0.15) is 24.5 Å². The molecule has 0 aliphatic carbocycles. The fourth-order valence-corrected chi connectivity index (χ4v) is 5.28. The molecule has 4 rings (SSSR count). The number of carbonyl (C=O) groups is 1. The van der Waals surface area contributed by atoms with Crippen molar-refractivity contribution in [1.29, 1.82) is 5.26 Å². The average Bonchev–Trinajstić information content (AvgIpc) is 2.99. The number of hydrogen-bond acceptors (Lipinski definition) is 7. The molecule has 1 amide bonds. The second-order valence-electron chi connectivity index (χ2n) is 9.00. The second kappa shape index (κ2) is 13.0. The van der Waals surface area contributed by atoms with Crippen molar-refractivity contribution in [3.63, 3.8) is 0 Å². The van der Waals surface area contributed by atoms with Gasteiger partial charge in [0, 0.05) is 16.8 Å². The molecule has 0 aliphatic rings. The van der Waals surface area contributed by atoms with Gasteiger partial charge in [0.05, 0.1) is 37.8 Å². The third-order valence-electron chi connectivity index (χ3n) is 6.38. The Labute approximate surface area is 239 Å². The number of methoxy groups -OCH3 is 3. The second-order valence-corrected chi connectivity index (χ2v) is 10.2. The fraction of sp³-hybridized carbons (Fsp3) is 0.219. The Morgan fingerprint density at radius 3 is 2.15 bits per heavy atom. The molecular weight excluding hydrogens is 522 g/mol. The van der Waals surface area contributed by atoms with Gasteiger partial charge in [0.2, 0.25) is 11.7 Å². The molecule has 0 bridgehead atoms. The zero-order chi connectivity index (χ0) is 28.6. The lowest BCUT2D eigenvalue weighted by molar-refractivity contribution is -0.115. The number of nitriles is 1. The van der Waals surface area contributed by atoms with Gasteiger partial charge in [0.25, 0.3) is 0 Å². The number of ether oxygens (including phenoxy) is 3. The molecule has 1 aromatic heterocycles. The van der Waals surface area contributed by atoms with Crippen LogP contribution in [-0.4, -0.2) is 37.5 Å². The van der Waals surface area contributed by atoms with Crippen LogP contribution >= 0.6 is 11.8 Å². The number of amides is 1. The Kier molecular flexibility index (Phi) is 9.31. The molecule has 204 valence electrons. The van der Waals surface area contributed by atoms with E-state index in [0.29, 0.717) is 51.1 Å². The molecule has 1 heterocycles. The number of carbonyl (C=O) groups excluding carboxylic acids is 1. The van der Waals surface area contributed by atoms with Gasteiger partial charge in [-0.1, -0.05) is 66.7 Å². The Morgan fingerprint density at radius 2 is 1.60 bits per heavy atom. The Hall–Kier alpha value is -4.48. The van der Waals surface area contributed by atoms with Crippen LogP contribution < -0.4 is 19.5 Å². The van der Waals surface area contributed by atoms with Crippen molar-refractivity contribution in [3.05, 3.63) is 83.9 Å². The molecule has 4 aromatic rings. The topological polar surface area (TPSA) is 93.5 Å². The molecule has 1 N–H and O–H groups in total. The molecule has 0 saturated heterocycles. The molecule has 8 heteroatoms. The predicted molar refractivity (Wildman–Crippen MR) is 159 cm³/mol. The van der Waals surface area contributed by atoms with E-state index < -0.39 is 5.25 Å². The number of hydrogen-bond donors (Lipinski definition) is 1. The Balaban J connectivity index is 1.84. The van der Waals surface area contributed by atoms with E-state index in [-0.39, 0.29) is 5.91 Å². The highest BCUT2D eigenvalue weighted by atomic mass is 32.2. The normalized spacial score (nSPS) is 11.3. The van der Waals surface area contributed by atoms with Crippen molar-refractivity contribution >= 4 is 23.4 Å². The van der Waals surface area contributed by atoms with E-state index in [9.17, 15) is 10.1 Å². The van der Waals surface area contributed by atoms with Crippen LogP contribution in [0.2, 0.25) is 0 Å². The van der Waals surface area contributed by atoms with E-state index in [2.05, 4.69) is 11.4 Å². The average molecular weight is 554 g/mol. The first-order valence-electron chi connectivity index (χ1n) is 12.8. The summed E-state index contributed by atoms with van der Waals surface area (Å²) in [7, 11) is 4.64. The summed E-state index contributed by atoms with van der Waals surface area (Å²) >= 11 is 1.28. The van der Waals surface area contributed by atoms with E-state index in [1.54, 1.807) is 21.3 Å². The minimum absolute atomic E-state index is 0.151. The molecule has 0 aliphatic heterocycles. The SMILES string of the molecule is CCC(Sc1nc(-c2ccccc2)cc(-c2cc(OC)c(OC)c(OC)c2)c1C#N)C(=O)Nc1ccc(C)cc1. The van der Waals surface area contributed by atoms with Crippen LogP contribution in [0.15, 0.2) is 77.8 Å². The van der Waals surface area contributed by atoms with Gasteiger partial charge in [-0.15, -0.1) is 0 Å². The van der Waals surface area contributed by atoms with Crippen LogP contribution in [0.4, 0.5) is 5.69 Å². The Bertz CT molecular complexity index is 1510. The number of nitrogens with zero attached hydrogens (tertiary/aromatic N) is 2. The Morgan fingerprint density at radius 1 is 0.950 bits per heavy atom. The van der Waals surface area contributed by atoms with Crippen LogP contribution in [0.5, 0.6) is 17.2 Å². The predicted octanol–water partition coefficient (Wildman–Crippen LogP) is 7.13. The van der Waals surface area contributed by atoms with Gasteiger partial charge in [-0.2, -0.15) is 5.26 Å². The summed E-state index contributed by atoms with van der Waals surface area (Å²) in [5.41, 5.74) is 5.11. The van der Waals surface area contributed by atoms with Crippen LogP contribution in [0.3, 0.4) is 0 Å². The highest BCUT2D eigenvalue weighted by Gasteiger charge is 2.25. The number of anilines is 1. The maximum Gasteiger partial charge on any atom is 0.237 e. The summed E-state index contributed by atoms with van der Waals surface area (Å²) in [5.74, 6) is 1.24. The van der Waals surface area contributed by atoms with Gasteiger partial charge in [-0.25, -0.2) is 4.98 Å². The van der Waals surface area contributed by atoms with Gasteiger partial charge < -0.3 is 19.5 Å². The van der Waals surface area contributed by atoms with Crippen molar-refractivity contribution in [2.45, 2.75) is 30.5 Å². The number of rotatable bonds is 10. The van der Waals surface area contributed by atoms with Crippen LogP contribution in [-0.2, 0) is 4.79 Å². The molecule has 0 radical (unpaired) electrons. The van der Waals surface area contributed by atoms with Gasteiger partial charge in [0.1, 0.15) is 11.1 Å². The van der Waals surface area contributed by atoms with Crippen molar-refractivity contribution in [2.24, 2.45) is 0 Å². The molecule has 1 atom stereocenters. The van der Waals surface area contributed by atoms with E-state index in [1.165, 1.54) is 11.8 Å². The number of thioether (sulfide) groups is 1. The summed E-state index contributed by atoms with van der Waals surface area (Å²) in [5, 5.41) is 13.4. The van der Waals surface area contributed by atoms with Gasteiger partial charge in [-0.05, 0) is 49.2 Å². The molecular formula is C32H31N3O4S. The summed E-state index contributed by atoms with van der Waals surface area (Å²) < 4.78 is 16.6. The van der Waals surface area contributed by atoms with Crippen molar-refractivity contribution in [3.8, 4) is 45.7 Å². The molecule has 7 nitrogen and oxygen atoms in total. The highest BCUT2D eigenvalue weighted by molar-refractivity contribution is 8.00. The minimum atomic E-state index is -0.472. The summed E-state index contributed by atoms with van der Waals surface area (Å²) in [6, 6.07) is 25.2. The number of aromatic nitrogens is 1. The lowest BCUT2D eigenvalue weighted by Gasteiger charge is -2.19. The lowest BCUT2D eigenvalue weighted by atomic mass is 9.98. The van der Waals surface area contributed by atoms with Crippen LogP contribution in [0.25, 0.3) is 22.4 Å². The van der Waals surface area contributed by atoms with Crippen molar-refractivity contribution in [1.82, 2.24) is 4.98 Å². The summed E-state index contributed by atoms with van der Waals surface area (Å²) in [6.45, 7) is 3.94. The van der Waals surface area contributed by atoms with E-state index in [4.69, 9.17) is 19.2 Å². The molecule has 1 unspecified atom stereocenters. The maximum absolute atomic E-state index is 13.3. The van der Waals surface area contributed by atoms with E-state index in [0.717, 1.165) is 16.8 Å². The molecule has 40 heavy (non-hydrogen) atoms. The number of pyridine rings is 1.